The molecule has 4 nitrogen and oxygen atoms in total. The lowest BCUT2D eigenvalue weighted by atomic mass is 10.1. The van der Waals surface area contributed by atoms with Crippen molar-refractivity contribution in [3.05, 3.63) is 39.6 Å². The van der Waals surface area contributed by atoms with Crippen molar-refractivity contribution in [1.29, 1.82) is 0 Å². The van der Waals surface area contributed by atoms with Crippen LogP contribution in [0.1, 0.15) is 29.9 Å². The van der Waals surface area contributed by atoms with Crippen molar-refractivity contribution in [1.82, 2.24) is 20.3 Å². The summed E-state index contributed by atoms with van der Waals surface area (Å²) >= 11 is 3.49. The quantitative estimate of drug-likeness (QED) is 0.948. The zero-order chi connectivity index (χ0) is 13.3. The van der Waals surface area contributed by atoms with Crippen molar-refractivity contribution in [2.45, 2.75) is 26.8 Å². The lowest BCUT2D eigenvalue weighted by Crippen LogP contribution is -2.14. The molecule has 0 radical (unpaired) electrons. The van der Waals surface area contributed by atoms with Crippen LogP contribution in [0.5, 0.6) is 0 Å². The van der Waals surface area contributed by atoms with Gasteiger partial charge in [0.05, 0.1) is 17.4 Å². The number of rotatable bonds is 3. The molecule has 1 unspecified atom stereocenters. The molecule has 0 saturated carbocycles. The highest BCUT2D eigenvalue weighted by molar-refractivity contribution is 9.10. The van der Waals surface area contributed by atoms with Gasteiger partial charge in [-0.15, -0.1) is 5.10 Å². The summed E-state index contributed by atoms with van der Waals surface area (Å²) in [4.78, 5) is 0. The first-order chi connectivity index (χ1) is 8.54. The van der Waals surface area contributed by atoms with Crippen LogP contribution in [-0.4, -0.2) is 22.0 Å². The largest absolute Gasteiger partial charge is 0.312 e. The van der Waals surface area contributed by atoms with Crippen LogP contribution in [0, 0.1) is 13.8 Å². The molecule has 18 heavy (non-hydrogen) atoms. The van der Waals surface area contributed by atoms with Gasteiger partial charge in [0, 0.05) is 4.47 Å². The topological polar surface area (TPSA) is 42.7 Å². The van der Waals surface area contributed by atoms with Crippen molar-refractivity contribution < 1.29 is 0 Å². The number of halogens is 1. The molecule has 0 aliphatic rings. The average molecular weight is 309 g/mol. The first-order valence-corrected chi connectivity index (χ1v) is 6.70. The van der Waals surface area contributed by atoms with Crippen LogP contribution in [0.15, 0.2) is 22.7 Å². The van der Waals surface area contributed by atoms with Crippen LogP contribution in [0.4, 0.5) is 0 Å². The Morgan fingerprint density at radius 3 is 2.72 bits per heavy atom. The number of aromatic nitrogens is 3. The third-order valence-corrected chi connectivity index (χ3v) is 3.67. The number of nitrogens with zero attached hydrogens (tertiary/aromatic N) is 3. The van der Waals surface area contributed by atoms with Gasteiger partial charge in [0.2, 0.25) is 0 Å². The molecule has 96 valence electrons. The molecule has 2 rings (SSSR count). The van der Waals surface area contributed by atoms with Gasteiger partial charge >= 0.3 is 0 Å². The Hall–Kier alpha value is -1.20. The van der Waals surface area contributed by atoms with E-state index >= 15 is 0 Å². The van der Waals surface area contributed by atoms with Gasteiger partial charge in [0.15, 0.2) is 0 Å². The smallest absolute Gasteiger partial charge is 0.103 e. The number of hydrogen-bond donors (Lipinski definition) is 1. The normalized spacial score (nSPS) is 12.7. The summed E-state index contributed by atoms with van der Waals surface area (Å²) in [6.07, 6.45) is 0. The SMILES string of the molecule is CNC(C)c1nnn(-c2cc(Br)ccc2C)c1C. The Labute approximate surface area is 116 Å². The van der Waals surface area contributed by atoms with Crippen molar-refractivity contribution in [2.75, 3.05) is 7.05 Å². The second-order valence-corrected chi connectivity index (χ2v) is 5.33. The molecule has 2 aromatic rings. The molecule has 0 aliphatic heterocycles. The van der Waals surface area contributed by atoms with Gasteiger partial charge < -0.3 is 5.32 Å². The fraction of sp³-hybridized carbons (Fsp3) is 0.385. The lowest BCUT2D eigenvalue weighted by Gasteiger charge is -2.10. The highest BCUT2D eigenvalue weighted by atomic mass is 79.9. The van der Waals surface area contributed by atoms with E-state index in [0.29, 0.717) is 0 Å². The molecule has 0 aliphatic carbocycles. The predicted octanol–water partition coefficient (Wildman–Crippen LogP) is 2.93. The molecule has 1 aromatic carbocycles. The first-order valence-electron chi connectivity index (χ1n) is 5.90. The van der Waals surface area contributed by atoms with Crippen molar-refractivity contribution >= 4 is 15.9 Å². The Balaban J connectivity index is 2.52. The molecule has 0 amide bonds. The lowest BCUT2D eigenvalue weighted by molar-refractivity contribution is 0.627. The summed E-state index contributed by atoms with van der Waals surface area (Å²) in [6, 6.07) is 6.36. The van der Waals surface area contributed by atoms with Gasteiger partial charge in [0.25, 0.3) is 0 Å². The highest BCUT2D eigenvalue weighted by Crippen LogP contribution is 2.22. The Kier molecular flexibility index (Phi) is 3.82. The molecule has 0 spiro atoms. The van der Waals surface area contributed by atoms with Crippen molar-refractivity contribution in [2.24, 2.45) is 0 Å². The minimum atomic E-state index is 0.200. The van der Waals surface area contributed by atoms with E-state index in [0.717, 1.165) is 21.5 Å². The van der Waals surface area contributed by atoms with Crippen molar-refractivity contribution in [3.63, 3.8) is 0 Å². The van der Waals surface area contributed by atoms with Gasteiger partial charge in [-0.25, -0.2) is 4.68 Å². The van der Waals surface area contributed by atoms with Crippen LogP contribution >= 0.6 is 15.9 Å². The molecule has 0 saturated heterocycles. The molecule has 1 atom stereocenters. The minimum Gasteiger partial charge on any atom is -0.312 e. The van der Waals surface area contributed by atoms with Crippen LogP contribution in [-0.2, 0) is 0 Å². The average Bonchev–Trinajstić information content (AvgIpc) is 2.73. The molecule has 1 aromatic heterocycles. The summed E-state index contributed by atoms with van der Waals surface area (Å²) in [5, 5.41) is 11.7. The van der Waals surface area contributed by atoms with Gasteiger partial charge in [-0.05, 0) is 45.5 Å². The van der Waals surface area contributed by atoms with E-state index in [2.05, 4.69) is 57.5 Å². The second-order valence-electron chi connectivity index (χ2n) is 4.41. The molecule has 0 fully saturated rings. The van der Waals surface area contributed by atoms with Gasteiger partial charge in [-0.2, -0.15) is 0 Å². The minimum absolute atomic E-state index is 0.200. The number of nitrogens with one attached hydrogen (secondary N) is 1. The fourth-order valence-corrected chi connectivity index (χ4v) is 2.27. The number of aryl methyl sites for hydroxylation is 1. The summed E-state index contributed by atoms with van der Waals surface area (Å²) in [5.41, 5.74) is 4.29. The second kappa shape index (κ2) is 5.20. The third-order valence-electron chi connectivity index (χ3n) is 3.17. The standard InChI is InChI=1S/C13H17BrN4/c1-8-5-6-11(14)7-12(8)18-10(3)13(16-17-18)9(2)15-4/h5-7,9,15H,1-4H3. The van der Waals surface area contributed by atoms with Crippen LogP contribution in [0.25, 0.3) is 5.69 Å². The zero-order valence-electron chi connectivity index (χ0n) is 11.0. The maximum Gasteiger partial charge on any atom is 0.103 e. The molecule has 0 bridgehead atoms. The van der Waals surface area contributed by atoms with E-state index < -0.39 is 0 Å². The highest BCUT2D eigenvalue weighted by Gasteiger charge is 2.15. The molecular weight excluding hydrogens is 292 g/mol. The molecular formula is C13H17BrN4. The van der Waals surface area contributed by atoms with E-state index in [9.17, 15) is 0 Å². The zero-order valence-corrected chi connectivity index (χ0v) is 12.6. The van der Waals surface area contributed by atoms with E-state index in [1.807, 2.05) is 24.7 Å². The van der Waals surface area contributed by atoms with E-state index in [-0.39, 0.29) is 6.04 Å². The molecule has 5 heteroatoms. The third kappa shape index (κ3) is 2.33. The predicted molar refractivity (Wildman–Crippen MR) is 76.0 cm³/mol. The van der Waals surface area contributed by atoms with Crippen molar-refractivity contribution in [3.8, 4) is 5.69 Å². The molecule has 1 N–H and O–H groups in total. The summed E-state index contributed by atoms with van der Waals surface area (Å²) in [7, 11) is 1.92. The Morgan fingerprint density at radius 1 is 1.33 bits per heavy atom. The summed E-state index contributed by atoms with van der Waals surface area (Å²) < 4.78 is 2.93. The van der Waals surface area contributed by atoms with Crippen LogP contribution in [0.3, 0.4) is 0 Å². The van der Waals surface area contributed by atoms with Gasteiger partial charge in [0.1, 0.15) is 5.69 Å². The number of hydrogen-bond acceptors (Lipinski definition) is 3. The Morgan fingerprint density at radius 2 is 2.06 bits per heavy atom. The maximum absolute atomic E-state index is 4.27. The van der Waals surface area contributed by atoms with E-state index in [1.54, 1.807) is 0 Å². The monoisotopic (exact) mass is 308 g/mol. The molecule has 1 heterocycles. The van der Waals surface area contributed by atoms with E-state index in [4.69, 9.17) is 0 Å². The van der Waals surface area contributed by atoms with Crippen LogP contribution in [0.2, 0.25) is 0 Å². The maximum atomic E-state index is 4.27. The van der Waals surface area contributed by atoms with E-state index in [1.165, 1.54) is 5.56 Å². The first kappa shape index (κ1) is 13.2. The Bertz CT molecular complexity index is 562. The summed E-state index contributed by atoms with van der Waals surface area (Å²) in [5.74, 6) is 0. The van der Waals surface area contributed by atoms with Gasteiger partial charge in [-0.1, -0.05) is 27.2 Å². The summed E-state index contributed by atoms with van der Waals surface area (Å²) in [6.45, 7) is 6.20. The van der Waals surface area contributed by atoms with Crippen LogP contribution < -0.4 is 5.32 Å². The van der Waals surface area contributed by atoms with Gasteiger partial charge in [-0.3, -0.25) is 0 Å². The fourth-order valence-electron chi connectivity index (χ4n) is 1.92. The number of benzene rings is 1.